The number of carbonyl (C=O) groups is 1. The molecule has 0 bridgehead atoms. The molecule has 101 valence electrons. The van der Waals surface area contributed by atoms with Gasteiger partial charge in [-0.25, -0.2) is 5.06 Å². The number of hydrogen-bond acceptors (Lipinski definition) is 4. The molecule has 0 rings (SSSR count). The van der Waals surface area contributed by atoms with Gasteiger partial charge in [0, 0.05) is 50.6 Å². The van der Waals surface area contributed by atoms with E-state index >= 15 is 0 Å². The van der Waals surface area contributed by atoms with Crippen molar-refractivity contribution in [3.8, 4) is 0 Å². The van der Waals surface area contributed by atoms with Crippen molar-refractivity contribution in [2.75, 3.05) is 6.54 Å². The number of halogens is 2. The number of amidine groups is 1. The Morgan fingerprint density at radius 3 is 2.24 bits per heavy atom. The summed E-state index contributed by atoms with van der Waals surface area (Å²) in [7, 11) is 0. The van der Waals surface area contributed by atoms with Gasteiger partial charge in [0.25, 0.3) is 0 Å². The van der Waals surface area contributed by atoms with Gasteiger partial charge in [-0.1, -0.05) is 0 Å². The van der Waals surface area contributed by atoms with Gasteiger partial charge in [-0.15, -0.1) is 24.8 Å². The second-order valence-corrected chi connectivity index (χ2v) is 3.15. The Bertz CT molecular complexity index is 200. The van der Waals surface area contributed by atoms with Crippen molar-refractivity contribution in [2.45, 2.75) is 32.2 Å². The summed E-state index contributed by atoms with van der Waals surface area (Å²) in [5.41, 5.74) is 5.28. The van der Waals surface area contributed by atoms with E-state index in [-0.39, 0.29) is 74.7 Å². The molecule has 0 saturated heterocycles. The molecular weight excluding hydrogens is 484 g/mol. The smallest absolute Gasteiger partial charge is 0.320 e. The number of unbranched alkanes of at least 4 members (excludes halogenated alkanes) is 1. The van der Waals surface area contributed by atoms with Crippen LogP contribution in [0.5, 0.6) is 0 Å². The van der Waals surface area contributed by atoms with E-state index in [2.05, 4.69) is 0 Å². The molecule has 0 unspecified atom stereocenters. The summed E-state index contributed by atoms with van der Waals surface area (Å²) in [6.45, 7) is 1.81. The van der Waals surface area contributed by atoms with Crippen molar-refractivity contribution in [1.82, 2.24) is 5.06 Å². The van der Waals surface area contributed by atoms with E-state index in [0.717, 1.165) is 5.06 Å². The number of carboxylic acid groups (broad SMARTS) is 1. The average Bonchev–Trinajstić information content (AvgIpc) is 2.11. The maximum absolute atomic E-state index is 10.3. The largest absolute Gasteiger partial charge is 0.480 e. The second-order valence-electron chi connectivity index (χ2n) is 3.15. The van der Waals surface area contributed by atoms with Crippen LogP contribution in [0.4, 0.5) is 0 Å². The Balaban J connectivity index is -0.000000282. The third-order valence-electron chi connectivity index (χ3n) is 1.84. The minimum absolute atomic E-state index is 0. The van der Waals surface area contributed by atoms with Crippen LogP contribution < -0.4 is 5.73 Å². The first-order chi connectivity index (χ1) is 6.45. The van der Waals surface area contributed by atoms with Crippen LogP contribution in [-0.2, 0) is 4.79 Å². The summed E-state index contributed by atoms with van der Waals surface area (Å²) < 4.78 is 0. The minimum Gasteiger partial charge on any atom is -0.480 e. The zero-order valence-electron chi connectivity index (χ0n) is 9.63. The zero-order valence-corrected chi connectivity index (χ0v) is 16.0. The van der Waals surface area contributed by atoms with Crippen molar-refractivity contribution in [3.05, 3.63) is 0 Å². The van der Waals surface area contributed by atoms with Gasteiger partial charge in [-0.2, -0.15) is 0 Å². The van der Waals surface area contributed by atoms with E-state index in [1.165, 1.54) is 6.92 Å². The Kier molecular flexibility index (Phi) is 23.2. The van der Waals surface area contributed by atoms with E-state index in [1.807, 2.05) is 0 Å². The molecule has 17 heavy (non-hydrogen) atoms. The molecule has 0 aromatic rings. The Morgan fingerprint density at radius 2 is 1.88 bits per heavy atom. The molecule has 6 nitrogen and oxygen atoms in total. The number of aliphatic carboxylic acids is 1. The van der Waals surface area contributed by atoms with Crippen molar-refractivity contribution < 1.29 is 59.2 Å². The fourth-order valence-electron chi connectivity index (χ4n) is 0.917. The molecule has 0 aromatic heterocycles. The predicted molar refractivity (Wildman–Crippen MR) is 65.9 cm³/mol. The number of hydroxylamine groups is 2. The number of nitrogens with zero attached hydrogens (tertiary/aromatic N) is 1. The first kappa shape index (κ1) is 26.4. The van der Waals surface area contributed by atoms with Crippen LogP contribution in [0.1, 0.15) is 26.2 Å². The van der Waals surface area contributed by atoms with E-state index < -0.39 is 12.0 Å². The van der Waals surface area contributed by atoms with E-state index in [0.29, 0.717) is 25.8 Å². The fraction of sp³-hybridized carbons (Fsp3) is 0.750. The van der Waals surface area contributed by atoms with Crippen molar-refractivity contribution >= 4 is 36.6 Å². The zero-order chi connectivity index (χ0) is 11.1. The van der Waals surface area contributed by atoms with Gasteiger partial charge in [-0.05, 0) is 26.2 Å². The van der Waals surface area contributed by atoms with Gasteiger partial charge in [0.05, 0.1) is 0 Å². The second kappa shape index (κ2) is 14.9. The first-order valence-electron chi connectivity index (χ1n) is 4.45. The number of nitrogens with two attached hydrogens (primary N) is 1. The summed E-state index contributed by atoms with van der Waals surface area (Å²) >= 11 is 0. The molecule has 0 aromatic carbocycles. The van der Waals surface area contributed by atoms with Crippen LogP contribution in [-0.4, -0.2) is 39.8 Å². The van der Waals surface area contributed by atoms with Crippen LogP contribution in [0.25, 0.3) is 0 Å². The molecule has 0 heterocycles. The van der Waals surface area contributed by atoms with E-state index in [4.69, 9.17) is 21.5 Å². The van der Waals surface area contributed by atoms with Crippen LogP contribution in [0, 0.1) is 49.5 Å². The van der Waals surface area contributed by atoms with Gasteiger partial charge in [-0.3, -0.25) is 15.4 Å². The first-order valence-corrected chi connectivity index (χ1v) is 4.45. The maximum atomic E-state index is 10.3. The topological polar surface area (TPSA) is 111 Å². The summed E-state index contributed by atoms with van der Waals surface area (Å²) in [6.07, 6.45) is 1.63. The molecule has 0 spiro atoms. The summed E-state index contributed by atoms with van der Waals surface area (Å²) in [6, 6.07) is -0.830. The molecule has 0 saturated carbocycles. The summed E-state index contributed by atoms with van der Waals surface area (Å²) in [4.78, 5) is 10.3. The van der Waals surface area contributed by atoms with E-state index in [1.54, 1.807) is 0 Å². The molecule has 0 aliphatic rings. The summed E-state index contributed by atoms with van der Waals surface area (Å²) in [5.74, 6) is -0.929. The van der Waals surface area contributed by atoms with Gasteiger partial charge < -0.3 is 10.8 Å². The molecule has 0 aliphatic heterocycles. The minimum atomic E-state index is -1.01. The Morgan fingerprint density at radius 1 is 1.41 bits per heavy atom. The number of carboxylic acids is 1. The van der Waals surface area contributed by atoms with E-state index in [9.17, 15) is 4.79 Å². The third kappa shape index (κ3) is 14.8. The molecule has 1 atom stereocenters. The Labute approximate surface area is 149 Å². The van der Waals surface area contributed by atoms with Gasteiger partial charge in [0.1, 0.15) is 11.9 Å². The predicted octanol–water partition coefficient (Wildman–Crippen LogP) is 1.10. The molecule has 0 fully saturated rings. The SMILES string of the molecule is CC(=N)N(O)CCCC[C@H](N)C(=O)O.Cl.Cl.[Ac]. The molecule has 0 amide bonds. The van der Waals surface area contributed by atoms with Crippen LogP contribution in [0.15, 0.2) is 0 Å². The third-order valence-corrected chi connectivity index (χ3v) is 1.84. The standard InChI is InChI=1S/C8H17N3O3.Ac.2ClH/c1-6(9)11(14)5-3-2-4-7(10)8(12)13;;;/h7,9,14H,2-5,10H2,1H3,(H,12,13);;2*1H/t7-;;;/m0.../s1. The van der Waals surface area contributed by atoms with Crippen molar-refractivity contribution in [3.63, 3.8) is 0 Å². The number of hydrogen-bond donors (Lipinski definition) is 4. The van der Waals surface area contributed by atoms with Crippen LogP contribution >= 0.6 is 24.8 Å². The number of nitrogens with one attached hydrogen (secondary N) is 1. The molecular formula is C8H19AcCl2N3O3. The molecule has 9 heteroatoms. The van der Waals surface area contributed by atoms with Crippen molar-refractivity contribution in [1.29, 1.82) is 5.41 Å². The molecule has 5 N–H and O–H groups in total. The fourth-order valence-corrected chi connectivity index (χ4v) is 0.917. The van der Waals surface area contributed by atoms with Crippen LogP contribution in [0.3, 0.4) is 0 Å². The quantitative estimate of drug-likeness (QED) is 0.188. The molecule has 0 aliphatic carbocycles. The average molecular weight is 503 g/mol. The van der Waals surface area contributed by atoms with Gasteiger partial charge in [0.15, 0.2) is 0 Å². The Hall–Kier alpha value is 0.882. The van der Waals surface area contributed by atoms with Crippen molar-refractivity contribution in [2.24, 2.45) is 5.73 Å². The molecule has 1 radical (unpaired) electrons. The normalized spacial score (nSPS) is 10.1. The van der Waals surface area contributed by atoms with Gasteiger partial charge >= 0.3 is 5.97 Å². The maximum Gasteiger partial charge on any atom is 0.320 e. The summed E-state index contributed by atoms with van der Waals surface area (Å²) in [5, 5.41) is 25.4. The monoisotopic (exact) mass is 502 g/mol. The van der Waals surface area contributed by atoms with Gasteiger partial charge in [0.2, 0.25) is 0 Å². The number of rotatable bonds is 6. The van der Waals surface area contributed by atoms with Crippen LogP contribution in [0.2, 0.25) is 0 Å².